The van der Waals surface area contributed by atoms with Crippen molar-refractivity contribution in [2.45, 2.75) is 12.8 Å². The second kappa shape index (κ2) is 7.36. The van der Waals surface area contributed by atoms with Gasteiger partial charge in [0.1, 0.15) is 6.33 Å². The Hall–Kier alpha value is -3.20. The van der Waals surface area contributed by atoms with Gasteiger partial charge in [-0.05, 0) is 28.8 Å². The molecule has 0 aliphatic rings. The first-order valence-electron chi connectivity index (χ1n) is 8.79. The molecule has 3 heteroatoms. The predicted molar refractivity (Wildman–Crippen MR) is 105 cm³/mol. The second-order valence-electron chi connectivity index (χ2n) is 6.40. The van der Waals surface area contributed by atoms with Gasteiger partial charge in [-0.3, -0.25) is 0 Å². The summed E-state index contributed by atoms with van der Waals surface area (Å²) in [5, 5.41) is 0.946. The van der Waals surface area contributed by atoms with Crippen LogP contribution < -0.4 is 4.74 Å². The van der Waals surface area contributed by atoms with E-state index in [1.165, 1.54) is 16.7 Å². The van der Waals surface area contributed by atoms with Crippen LogP contribution in [0.25, 0.3) is 22.0 Å². The van der Waals surface area contributed by atoms with E-state index in [1.807, 2.05) is 30.3 Å². The van der Waals surface area contributed by atoms with Crippen molar-refractivity contribution in [3.63, 3.8) is 0 Å². The molecular formula is C23H20N2O. The van der Waals surface area contributed by atoms with E-state index in [9.17, 15) is 0 Å². The zero-order valence-corrected chi connectivity index (χ0v) is 14.7. The monoisotopic (exact) mass is 340 g/mol. The van der Waals surface area contributed by atoms with Crippen LogP contribution in [0.15, 0.2) is 85.2 Å². The number of fused-ring (bicyclic) bond motifs is 1. The number of benzene rings is 3. The molecule has 0 fully saturated rings. The maximum atomic E-state index is 6.00. The highest BCUT2D eigenvalue weighted by Crippen LogP contribution is 2.25. The van der Waals surface area contributed by atoms with Crippen LogP contribution in [0.3, 0.4) is 0 Å². The van der Waals surface area contributed by atoms with Gasteiger partial charge in [0.15, 0.2) is 0 Å². The van der Waals surface area contributed by atoms with Gasteiger partial charge in [0, 0.05) is 5.92 Å². The minimum Gasteiger partial charge on any atom is -0.477 e. The molecule has 26 heavy (non-hydrogen) atoms. The average Bonchev–Trinajstić information content (AvgIpc) is 2.73. The summed E-state index contributed by atoms with van der Waals surface area (Å²) in [4.78, 5) is 8.57. The zero-order valence-electron chi connectivity index (χ0n) is 14.7. The number of ether oxygens (including phenoxy) is 1. The molecule has 0 bridgehead atoms. The molecule has 0 amide bonds. The van der Waals surface area contributed by atoms with Crippen molar-refractivity contribution in [1.82, 2.24) is 9.97 Å². The van der Waals surface area contributed by atoms with Gasteiger partial charge < -0.3 is 4.74 Å². The van der Waals surface area contributed by atoms with Gasteiger partial charge in [0.25, 0.3) is 0 Å². The summed E-state index contributed by atoms with van der Waals surface area (Å²) in [6.45, 7) is 2.74. The molecule has 1 aromatic heterocycles. The van der Waals surface area contributed by atoms with E-state index in [1.54, 1.807) is 6.33 Å². The van der Waals surface area contributed by atoms with Crippen molar-refractivity contribution < 1.29 is 4.74 Å². The Labute approximate surface area is 153 Å². The first-order chi connectivity index (χ1) is 12.8. The van der Waals surface area contributed by atoms with Crippen LogP contribution in [-0.2, 0) is 0 Å². The van der Waals surface area contributed by atoms with E-state index in [-0.39, 0.29) is 5.92 Å². The van der Waals surface area contributed by atoms with Crippen LogP contribution in [0.5, 0.6) is 5.88 Å². The van der Waals surface area contributed by atoms with E-state index < -0.39 is 0 Å². The number of rotatable bonds is 5. The fraction of sp³-hybridized carbons (Fsp3) is 0.130. The lowest BCUT2D eigenvalue weighted by Gasteiger charge is -2.14. The van der Waals surface area contributed by atoms with Gasteiger partial charge in [0.05, 0.1) is 17.5 Å². The molecule has 128 valence electrons. The van der Waals surface area contributed by atoms with E-state index in [2.05, 4.69) is 65.4 Å². The summed E-state index contributed by atoms with van der Waals surface area (Å²) in [6, 6.07) is 27.0. The Morgan fingerprint density at radius 3 is 2.27 bits per heavy atom. The van der Waals surface area contributed by atoms with Gasteiger partial charge in [0.2, 0.25) is 5.88 Å². The third kappa shape index (κ3) is 3.42. The fourth-order valence-electron chi connectivity index (χ4n) is 3.03. The van der Waals surface area contributed by atoms with Crippen LogP contribution in [0.4, 0.5) is 0 Å². The fourth-order valence-corrected chi connectivity index (χ4v) is 3.03. The van der Waals surface area contributed by atoms with E-state index in [4.69, 9.17) is 4.74 Å². The maximum absolute atomic E-state index is 6.00. The zero-order chi connectivity index (χ0) is 17.8. The van der Waals surface area contributed by atoms with E-state index >= 15 is 0 Å². The minimum absolute atomic E-state index is 0.272. The highest BCUT2D eigenvalue weighted by molar-refractivity contribution is 5.82. The number of aromatic nitrogens is 2. The SMILES string of the molecule is CC(COc1ncnc2ccccc12)c1ccc(-c2ccccc2)cc1. The Kier molecular flexibility index (Phi) is 4.61. The van der Waals surface area contributed by atoms with E-state index in [0.717, 1.165) is 10.9 Å². The molecule has 0 saturated heterocycles. The molecule has 4 aromatic rings. The van der Waals surface area contributed by atoms with Crippen molar-refractivity contribution in [2.75, 3.05) is 6.61 Å². The van der Waals surface area contributed by atoms with Gasteiger partial charge in [-0.1, -0.05) is 73.7 Å². The maximum Gasteiger partial charge on any atom is 0.224 e. The Morgan fingerprint density at radius 1 is 0.769 bits per heavy atom. The van der Waals surface area contributed by atoms with Crippen molar-refractivity contribution in [3.05, 3.63) is 90.8 Å². The van der Waals surface area contributed by atoms with Gasteiger partial charge in [-0.2, -0.15) is 0 Å². The minimum atomic E-state index is 0.272. The molecule has 3 nitrogen and oxygen atoms in total. The molecule has 0 N–H and O–H groups in total. The van der Waals surface area contributed by atoms with Crippen LogP contribution in [0, 0.1) is 0 Å². The first-order valence-corrected chi connectivity index (χ1v) is 8.79. The lowest BCUT2D eigenvalue weighted by molar-refractivity contribution is 0.288. The summed E-state index contributed by atoms with van der Waals surface area (Å²) in [5.74, 6) is 0.914. The molecule has 0 saturated carbocycles. The van der Waals surface area contributed by atoms with Gasteiger partial charge in [-0.15, -0.1) is 0 Å². The van der Waals surface area contributed by atoms with Crippen LogP contribution in [-0.4, -0.2) is 16.6 Å². The molecule has 1 atom stereocenters. The Balaban J connectivity index is 1.47. The summed E-state index contributed by atoms with van der Waals surface area (Å²) in [6.07, 6.45) is 1.55. The molecule has 3 aromatic carbocycles. The molecule has 0 radical (unpaired) electrons. The predicted octanol–water partition coefficient (Wildman–Crippen LogP) is 5.48. The molecule has 0 aliphatic carbocycles. The van der Waals surface area contributed by atoms with Crippen LogP contribution in [0.2, 0.25) is 0 Å². The molecule has 1 unspecified atom stereocenters. The average molecular weight is 340 g/mol. The van der Waals surface area contributed by atoms with Gasteiger partial charge >= 0.3 is 0 Å². The van der Waals surface area contributed by atoms with Crippen LogP contribution >= 0.6 is 0 Å². The molecule has 1 heterocycles. The van der Waals surface area contributed by atoms with Gasteiger partial charge in [-0.25, -0.2) is 9.97 Å². The lowest BCUT2D eigenvalue weighted by atomic mass is 9.98. The molecule has 0 spiro atoms. The number of hydrogen-bond acceptors (Lipinski definition) is 3. The lowest BCUT2D eigenvalue weighted by Crippen LogP contribution is -2.08. The normalized spacial score (nSPS) is 12.0. The summed E-state index contributed by atoms with van der Waals surface area (Å²) in [7, 11) is 0. The topological polar surface area (TPSA) is 35.0 Å². The summed E-state index contributed by atoms with van der Waals surface area (Å²) in [5.41, 5.74) is 4.61. The number of nitrogens with zero attached hydrogens (tertiary/aromatic N) is 2. The summed E-state index contributed by atoms with van der Waals surface area (Å²) >= 11 is 0. The van der Waals surface area contributed by atoms with Crippen molar-refractivity contribution in [1.29, 1.82) is 0 Å². The highest BCUT2D eigenvalue weighted by Gasteiger charge is 2.10. The summed E-state index contributed by atoms with van der Waals surface area (Å²) < 4.78 is 6.00. The third-order valence-electron chi connectivity index (χ3n) is 4.56. The third-order valence-corrected chi connectivity index (χ3v) is 4.56. The largest absolute Gasteiger partial charge is 0.477 e. The molecular weight excluding hydrogens is 320 g/mol. The Bertz CT molecular complexity index is 992. The Morgan fingerprint density at radius 2 is 1.46 bits per heavy atom. The second-order valence-corrected chi connectivity index (χ2v) is 6.40. The quantitative estimate of drug-likeness (QED) is 0.482. The van der Waals surface area contributed by atoms with Crippen molar-refractivity contribution in [3.8, 4) is 17.0 Å². The standard InChI is InChI=1S/C23H20N2O/c1-17(15-26-23-21-9-5-6-10-22(21)24-16-25-23)18-11-13-20(14-12-18)19-7-3-2-4-8-19/h2-14,16-17H,15H2,1H3. The van der Waals surface area contributed by atoms with Crippen LogP contribution in [0.1, 0.15) is 18.4 Å². The van der Waals surface area contributed by atoms with E-state index in [0.29, 0.717) is 12.5 Å². The number of hydrogen-bond donors (Lipinski definition) is 0. The molecule has 4 rings (SSSR count). The van der Waals surface area contributed by atoms with Crippen molar-refractivity contribution >= 4 is 10.9 Å². The molecule has 0 aliphatic heterocycles. The van der Waals surface area contributed by atoms with Crippen molar-refractivity contribution in [2.24, 2.45) is 0 Å². The smallest absolute Gasteiger partial charge is 0.224 e. The number of para-hydroxylation sites is 1. The highest BCUT2D eigenvalue weighted by atomic mass is 16.5. The first kappa shape index (κ1) is 16.3.